The molecular weight excluding hydrogens is 250 g/mol. The number of nitrogens with one attached hydrogen (secondary N) is 1. The molecule has 0 atom stereocenters. The van der Waals surface area contributed by atoms with E-state index in [0.29, 0.717) is 5.56 Å². The lowest BCUT2D eigenvalue weighted by Crippen LogP contribution is -2.50. The third-order valence-corrected chi connectivity index (χ3v) is 4.07. The first-order valence-electron chi connectivity index (χ1n) is 7.63. The summed E-state index contributed by atoms with van der Waals surface area (Å²) in [6.45, 7) is 6.10. The van der Waals surface area contributed by atoms with Crippen LogP contribution in [0.5, 0.6) is 0 Å². The van der Waals surface area contributed by atoms with Crippen LogP contribution in [-0.2, 0) is 6.42 Å². The minimum absolute atomic E-state index is 0.0275. The molecule has 0 radical (unpaired) electrons. The van der Waals surface area contributed by atoms with Crippen molar-refractivity contribution in [3.8, 4) is 0 Å². The minimum atomic E-state index is -0.502. The summed E-state index contributed by atoms with van der Waals surface area (Å²) in [5, 5.41) is 12.5. The quantitative estimate of drug-likeness (QED) is 0.766. The van der Waals surface area contributed by atoms with Gasteiger partial charge in [-0.15, -0.1) is 0 Å². The molecule has 1 aromatic rings. The zero-order chi connectivity index (χ0) is 15.0. The van der Waals surface area contributed by atoms with E-state index in [1.807, 2.05) is 38.1 Å². The summed E-state index contributed by atoms with van der Waals surface area (Å²) in [6, 6.07) is 7.77. The fraction of sp³-hybridized carbons (Fsp3) is 0.588. The maximum Gasteiger partial charge on any atom is 0.251 e. The molecule has 20 heavy (non-hydrogen) atoms. The van der Waals surface area contributed by atoms with E-state index in [4.69, 9.17) is 0 Å². The number of carbonyl (C=O) groups is 1. The number of benzene rings is 1. The number of aliphatic hydroxyl groups excluding tert-OH is 1. The molecule has 0 spiro atoms. The Morgan fingerprint density at radius 1 is 1.15 bits per heavy atom. The largest absolute Gasteiger partial charge is 0.394 e. The summed E-state index contributed by atoms with van der Waals surface area (Å²) in [4.78, 5) is 12.2. The van der Waals surface area contributed by atoms with Crippen molar-refractivity contribution in [3.05, 3.63) is 35.4 Å². The molecule has 0 aliphatic rings. The van der Waals surface area contributed by atoms with Crippen LogP contribution in [0.25, 0.3) is 0 Å². The highest BCUT2D eigenvalue weighted by molar-refractivity contribution is 5.94. The molecule has 0 unspecified atom stereocenters. The number of rotatable bonds is 8. The zero-order valence-electron chi connectivity index (χ0n) is 12.9. The lowest BCUT2D eigenvalue weighted by Gasteiger charge is -2.30. The fourth-order valence-corrected chi connectivity index (χ4v) is 2.21. The molecule has 3 heteroatoms. The normalized spacial score (nSPS) is 11.4. The molecule has 0 aromatic heterocycles. The van der Waals surface area contributed by atoms with Crippen molar-refractivity contribution in [2.45, 2.75) is 58.4 Å². The Hall–Kier alpha value is -1.35. The van der Waals surface area contributed by atoms with Crippen LogP contribution in [0.4, 0.5) is 0 Å². The molecule has 1 rings (SSSR count). The Bertz CT molecular complexity index is 399. The number of aryl methyl sites for hydroxylation is 1. The van der Waals surface area contributed by atoms with Gasteiger partial charge in [0.1, 0.15) is 0 Å². The molecule has 0 saturated carbocycles. The Kier molecular flexibility index (Phi) is 6.73. The van der Waals surface area contributed by atoms with E-state index in [2.05, 4.69) is 12.2 Å². The van der Waals surface area contributed by atoms with Crippen LogP contribution in [0, 0.1) is 0 Å². The van der Waals surface area contributed by atoms with Gasteiger partial charge in [-0.25, -0.2) is 0 Å². The van der Waals surface area contributed by atoms with E-state index in [-0.39, 0.29) is 12.5 Å². The van der Waals surface area contributed by atoms with Gasteiger partial charge in [0, 0.05) is 5.56 Å². The molecule has 0 fully saturated rings. The first-order chi connectivity index (χ1) is 9.60. The number of carbonyl (C=O) groups excluding carboxylic acids is 1. The highest BCUT2D eigenvalue weighted by atomic mass is 16.3. The third kappa shape index (κ3) is 4.34. The summed E-state index contributed by atoms with van der Waals surface area (Å²) >= 11 is 0. The molecule has 0 aliphatic carbocycles. The van der Waals surface area contributed by atoms with Gasteiger partial charge in [0.2, 0.25) is 0 Å². The number of unbranched alkanes of at least 4 members (excludes halogenated alkanes) is 1. The van der Waals surface area contributed by atoms with Crippen molar-refractivity contribution < 1.29 is 9.90 Å². The van der Waals surface area contributed by atoms with E-state index in [1.165, 1.54) is 18.4 Å². The van der Waals surface area contributed by atoms with Gasteiger partial charge in [-0.3, -0.25) is 4.79 Å². The van der Waals surface area contributed by atoms with Crippen LogP contribution in [-0.4, -0.2) is 23.2 Å². The molecule has 0 bridgehead atoms. The smallest absolute Gasteiger partial charge is 0.251 e. The van der Waals surface area contributed by atoms with Crippen molar-refractivity contribution in [3.63, 3.8) is 0 Å². The number of hydrogen-bond donors (Lipinski definition) is 2. The van der Waals surface area contributed by atoms with Gasteiger partial charge in [0.05, 0.1) is 12.1 Å². The second-order valence-electron chi connectivity index (χ2n) is 5.40. The highest BCUT2D eigenvalue weighted by Gasteiger charge is 2.27. The lowest BCUT2D eigenvalue weighted by atomic mass is 9.93. The van der Waals surface area contributed by atoms with Crippen LogP contribution in [0.1, 0.15) is 62.4 Å². The Morgan fingerprint density at radius 2 is 1.75 bits per heavy atom. The van der Waals surface area contributed by atoms with Crippen molar-refractivity contribution in [1.29, 1.82) is 0 Å². The predicted molar refractivity (Wildman–Crippen MR) is 82.9 cm³/mol. The van der Waals surface area contributed by atoms with Gasteiger partial charge in [0.25, 0.3) is 5.91 Å². The van der Waals surface area contributed by atoms with Gasteiger partial charge in [0.15, 0.2) is 0 Å². The van der Waals surface area contributed by atoms with E-state index < -0.39 is 5.54 Å². The molecule has 1 amide bonds. The molecule has 112 valence electrons. The molecule has 3 nitrogen and oxygen atoms in total. The first-order valence-corrected chi connectivity index (χ1v) is 7.63. The number of hydrogen-bond acceptors (Lipinski definition) is 2. The summed E-state index contributed by atoms with van der Waals surface area (Å²) in [5.74, 6) is -0.107. The van der Waals surface area contributed by atoms with Crippen molar-refractivity contribution in [2.75, 3.05) is 6.61 Å². The van der Waals surface area contributed by atoms with Gasteiger partial charge in [-0.1, -0.05) is 39.3 Å². The Labute approximate surface area is 122 Å². The van der Waals surface area contributed by atoms with Gasteiger partial charge in [-0.05, 0) is 43.4 Å². The summed E-state index contributed by atoms with van der Waals surface area (Å²) in [5.41, 5.74) is 1.42. The SMILES string of the molecule is CCCCc1ccc(C(=O)NC(CC)(CC)CO)cc1. The van der Waals surface area contributed by atoms with Gasteiger partial charge >= 0.3 is 0 Å². The van der Waals surface area contributed by atoms with Crippen LogP contribution >= 0.6 is 0 Å². The van der Waals surface area contributed by atoms with Crippen LogP contribution in [0.2, 0.25) is 0 Å². The molecular formula is C17H27NO2. The van der Waals surface area contributed by atoms with Crippen LogP contribution < -0.4 is 5.32 Å². The number of aliphatic hydroxyl groups is 1. The first kappa shape index (κ1) is 16.7. The van der Waals surface area contributed by atoms with Crippen LogP contribution in [0.3, 0.4) is 0 Å². The molecule has 0 heterocycles. The zero-order valence-corrected chi connectivity index (χ0v) is 12.9. The van der Waals surface area contributed by atoms with Crippen molar-refractivity contribution in [1.82, 2.24) is 5.32 Å². The second kappa shape index (κ2) is 8.05. The summed E-state index contributed by atoms with van der Waals surface area (Å²) < 4.78 is 0. The Balaban J connectivity index is 2.72. The fourth-order valence-electron chi connectivity index (χ4n) is 2.21. The Morgan fingerprint density at radius 3 is 2.20 bits per heavy atom. The molecule has 1 aromatic carbocycles. The van der Waals surface area contributed by atoms with Gasteiger partial charge in [-0.2, -0.15) is 0 Å². The third-order valence-electron chi connectivity index (χ3n) is 4.07. The lowest BCUT2D eigenvalue weighted by molar-refractivity contribution is 0.0818. The average Bonchev–Trinajstić information content (AvgIpc) is 2.51. The standard InChI is InChI=1S/C17H27NO2/c1-4-7-8-14-9-11-15(12-10-14)16(20)18-17(5-2,6-3)13-19/h9-12,19H,4-8,13H2,1-3H3,(H,18,20). The van der Waals surface area contributed by atoms with E-state index in [9.17, 15) is 9.90 Å². The van der Waals surface area contributed by atoms with Crippen molar-refractivity contribution in [2.24, 2.45) is 0 Å². The molecule has 0 saturated heterocycles. The second-order valence-corrected chi connectivity index (χ2v) is 5.40. The van der Waals surface area contributed by atoms with E-state index >= 15 is 0 Å². The molecule has 0 aliphatic heterocycles. The predicted octanol–water partition coefficient (Wildman–Crippen LogP) is 3.31. The topological polar surface area (TPSA) is 49.3 Å². The highest BCUT2D eigenvalue weighted by Crippen LogP contribution is 2.16. The van der Waals surface area contributed by atoms with Crippen molar-refractivity contribution >= 4 is 5.91 Å². The van der Waals surface area contributed by atoms with E-state index in [0.717, 1.165) is 19.3 Å². The van der Waals surface area contributed by atoms with E-state index in [1.54, 1.807) is 0 Å². The average molecular weight is 277 g/mol. The molecule has 2 N–H and O–H groups in total. The monoisotopic (exact) mass is 277 g/mol. The maximum absolute atomic E-state index is 12.2. The summed E-state index contributed by atoms with van der Waals surface area (Å²) in [6.07, 6.45) is 4.85. The van der Waals surface area contributed by atoms with Crippen LogP contribution in [0.15, 0.2) is 24.3 Å². The van der Waals surface area contributed by atoms with Gasteiger partial charge < -0.3 is 10.4 Å². The number of amides is 1. The summed E-state index contributed by atoms with van der Waals surface area (Å²) in [7, 11) is 0. The maximum atomic E-state index is 12.2. The minimum Gasteiger partial charge on any atom is -0.394 e.